The van der Waals surface area contributed by atoms with E-state index in [2.05, 4.69) is 0 Å². The van der Waals surface area contributed by atoms with Crippen LogP contribution in [0.25, 0.3) is 0 Å². The van der Waals surface area contributed by atoms with E-state index in [-0.39, 0.29) is 0 Å². The van der Waals surface area contributed by atoms with Crippen LogP contribution in [0.4, 0.5) is 0 Å². The molecule has 1 aromatic carbocycles. The molecule has 0 spiro atoms. The van der Waals surface area contributed by atoms with Crippen LogP contribution in [0.15, 0.2) is 18.2 Å². The van der Waals surface area contributed by atoms with Crippen molar-refractivity contribution in [1.29, 1.82) is 0 Å². The number of halogens is 1. The summed E-state index contributed by atoms with van der Waals surface area (Å²) in [6.45, 7) is 0. The molecule has 0 atom stereocenters. The van der Waals surface area contributed by atoms with Gasteiger partial charge in [-0.15, -0.1) is 0 Å². The normalized spacial score (nSPS) is 9.25. The van der Waals surface area contributed by atoms with Crippen LogP contribution in [-0.2, 0) is 0 Å². The minimum absolute atomic E-state index is 0.614. The summed E-state index contributed by atoms with van der Waals surface area (Å²) >= 11 is 1.79. The number of benzene rings is 1. The highest BCUT2D eigenvalue weighted by Crippen LogP contribution is 2.37. The molecule has 0 heterocycles. The third-order valence-electron chi connectivity index (χ3n) is 1.46. The topological polar surface area (TPSA) is 27.7 Å². The van der Waals surface area contributed by atoms with Gasteiger partial charge in [0.05, 0.1) is 14.2 Å². The maximum Gasteiger partial charge on any atom is 0.217 e. The smallest absolute Gasteiger partial charge is 0.217 e. The first-order valence-corrected chi connectivity index (χ1v) is 4.21. The van der Waals surface area contributed by atoms with Crippen molar-refractivity contribution in [2.45, 2.75) is 0 Å². The molecule has 0 aliphatic carbocycles. The summed E-state index contributed by atoms with van der Waals surface area (Å²) in [6, 6.07) is 5.48. The standard InChI is InChI=1S/C8H9IO3/c1-10-6-4-3-5-7(11-2)8(6)12-9/h3-5H,1-2H3. The van der Waals surface area contributed by atoms with E-state index in [0.29, 0.717) is 17.2 Å². The van der Waals surface area contributed by atoms with Gasteiger partial charge in [-0.1, -0.05) is 6.07 Å². The van der Waals surface area contributed by atoms with E-state index >= 15 is 0 Å². The number of rotatable bonds is 3. The maximum absolute atomic E-state index is 5.08. The van der Waals surface area contributed by atoms with Crippen molar-refractivity contribution in [3.05, 3.63) is 18.2 Å². The number of para-hydroxylation sites is 1. The predicted octanol–water partition coefficient (Wildman–Crippen LogP) is 2.43. The lowest BCUT2D eigenvalue weighted by molar-refractivity contribution is 0.375. The van der Waals surface area contributed by atoms with Gasteiger partial charge in [0.25, 0.3) is 0 Å². The van der Waals surface area contributed by atoms with Crippen LogP contribution < -0.4 is 12.5 Å². The van der Waals surface area contributed by atoms with Crippen LogP contribution in [0.3, 0.4) is 0 Å². The summed E-state index contributed by atoms with van der Waals surface area (Å²) in [7, 11) is 3.18. The Morgan fingerprint density at radius 2 is 1.58 bits per heavy atom. The van der Waals surface area contributed by atoms with Gasteiger partial charge in [-0.2, -0.15) is 0 Å². The molecule has 0 N–H and O–H groups in total. The summed E-state index contributed by atoms with van der Waals surface area (Å²) in [4.78, 5) is 0. The van der Waals surface area contributed by atoms with Crippen molar-refractivity contribution in [2.75, 3.05) is 14.2 Å². The first-order chi connectivity index (χ1) is 5.83. The van der Waals surface area contributed by atoms with E-state index in [1.807, 2.05) is 18.2 Å². The fourth-order valence-corrected chi connectivity index (χ4v) is 1.33. The number of methoxy groups -OCH3 is 2. The number of ether oxygens (including phenoxy) is 2. The summed E-state index contributed by atoms with van der Waals surface area (Å²) in [6.07, 6.45) is 0. The predicted molar refractivity (Wildman–Crippen MR) is 54.2 cm³/mol. The van der Waals surface area contributed by atoms with E-state index in [4.69, 9.17) is 12.5 Å². The van der Waals surface area contributed by atoms with Gasteiger partial charge in [0.2, 0.25) is 5.75 Å². The van der Waals surface area contributed by atoms with E-state index in [1.54, 1.807) is 37.2 Å². The zero-order valence-electron chi connectivity index (χ0n) is 6.83. The van der Waals surface area contributed by atoms with Gasteiger partial charge in [0, 0.05) is 0 Å². The molecular formula is C8H9IO3. The highest BCUT2D eigenvalue weighted by Gasteiger charge is 2.09. The largest absolute Gasteiger partial charge is 0.493 e. The lowest BCUT2D eigenvalue weighted by Crippen LogP contribution is -1.90. The Morgan fingerprint density at radius 3 is 1.92 bits per heavy atom. The van der Waals surface area contributed by atoms with Gasteiger partial charge >= 0.3 is 0 Å². The number of hydrogen-bond acceptors (Lipinski definition) is 3. The van der Waals surface area contributed by atoms with Gasteiger partial charge in [0.15, 0.2) is 34.5 Å². The highest BCUT2D eigenvalue weighted by molar-refractivity contribution is 14.1. The molecule has 0 amide bonds. The molecule has 0 unspecified atom stereocenters. The third kappa shape index (κ3) is 1.74. The van der Waals surface area contributed by atoms with E-state index in [0.717, 1.165) is 0 Å². The van der Waals surface area contributed by atoms with Gasteiger partial charge < -0.3 is 12.5 Å². The molecule has 0 saturated heterocycles. The van der Waals surface area contributed by atoms with Crippen LogP contribution in [0.1, 0.15) is 0 Å². The molecule has 4 heteroatoms. The second kappa shape index (κ2) is 4.39. The Kier molecular flexibility index (Phi) is 3.46. The molecule has 1 aromatic rings. The van der Waals surface area contributed by atoms with E-state index in [1.165, 1.54) is 0 Å². The van der Waals surface area contributed by atoms with E-state index < -0.39 is 0 Å². The molecule has 12 heavy (non-hydrogen) atoms. The summed E-state index contributed by atoms with van der Waals surface area (Å²) in [5.74, 6) is 1.95. The zero-order valence-corrected chi connectivity index (χ0v) is 8.99. The van der Waals surface area contributed by atoms with Crippen LogP contribution >= 0.6 is 23.0 Å². The molecule has 0 aromatic heterocycles. The fourth-order valence-electron chi connectivity index (χ4n) is 0.893. The van der Waals surface area contributed by atoms with Crippen molar-refractivity contribution in [1.82, 2.24) is 0 Å². The van der Waals surface area contributed by atoms with E-state index in [9.17, 15) is 0 Å². The maximum atomic E-state index is 5.08. The van der Waals surface area contributed by atoms with Crippen molar-refractivity contribution < 1.29 is 12.5 Å². The molecule has 3 nitrogen and oxygen atoms in total. The molecule has 0 radical (unpaired) electrons. The second-order valence-corrected chi connectivity index (χ2v) is 2.51. The Labute approximate surface area is 85.3 Å². The molecule has 1 rings (SSSR count). The highest BCUT2D eigenvalue weighted by atomic mass is 127. The molecule has 0 aliphatic rings. The monoisotopic (exact) mass is 280 g/mol. The Hall–Kier alpha value is -0.650. The Bertz CT molecular complexity index is 240. The Morgan fingerprint density at radius 1 is 1.08 bits per heavy atom. The van der Waals surface area contributed by atoms with Crippen LogP contribution in [0, 0.1) is 0 Å². The molecule has 0 bridgehead atoms. The molecular weight excluding hydrogens is 271 g/mol. The summed E-state index contributed by atoms with van der Waals surface area (Å²) in [5, 5.41) is 0. The lowest BCUT2D eigenvalue weighted by atomic mass is 10.3. The van der Waals surface area contributed by atoms with Crippen molar-refractivity contribution in [3.63, 3.8) is 0 Å². The van der Waals surface area contributed by atoms with Crippen LogP contribution in [-0.4, -0.2) is 14.2 Å². The lowest BCUT2D eigenvalue weighted by Gasteiger charge is -2.08. The van der Waals surface area contributed by atoms with Crippen LogP contribution in [0.5, 0.6) is 17.2 Å². The molecule has 66 valence electrons. The number of hydrogen-bond donors (Lipinski definition) is 0. The fraction of sp³-hybridized carbons (Fsp3) is 0.250. The first-order valence-electron chi connectivity index (χ1n) is 3.33. The van der Waals surface area contributed by atoms with Crippen LogP contribution in [0.2, 0.25) is 0 Å². The average Bonchev–Trinajstić information content (AvgIpc) is 2.16. The second-order valence-electron chi connectivity index (χ2n) is 2.07. The SMILES string of the molecule is COc1cccc(OC)c1OI. The molecule has 0 aliphatic heterocycles. The van der Waals surface area contributed by atoms with Gasteiger partial charge in [-0.3, -0.25) is 0 Å². The molecule has 0 saturated carbocycles. The molecule has 0 fully saturated rings. The summed E-state index contributed by atoms with van der Waals surface area (Å²) < 4.78 is 15.2. The minimum atomic E-state index is 0.614. The quantitative estimate of drug-likeness (QED) is 0.796. The van der Waals surface area contributed by atoms with Crippen molar-refractivity contribution in [2.24, 2.45) is 0 Å². The van der Waals surface area contributed by atoms with Crippen molar-refractivity contribution in [3.8, 4) is 17.2 Å². The van der Waals surface area contributed by atoms with Gasteiger partial charge in [-0.25, -0.2) is 0 Å². The Balaban J connectivity index is 3.13. The first kappa shape index (κ1) is 9.44. The van der Waals surface area contributed by atoms with Crippen molar-refractivity contribution >= 4 is 23.0 Å². The zero-order chi connectivity index (χ0) is 8.97. The van der Waals surface area contributed by atoms with Gasteiger partial charge in [-0.05, 0) is 12.1 Å². The minimum Gasteiger partial charge on any atom is -0.493 e. The third-order valence-corrected chi connectivity index (χ3v) is 1.90. The average molecular weight is 280 g/mol. The van der Waals surface area contributed by atoms with Gasteiger partial charge in [0.1, 0.15) is 0 Å². The summed E-state index contributed by atoms with van der Waals surface area (Å²) in [5.41, 5.74) is 0.